The molecule has 1 atom stereocenters. The molecular formula is C11H14N2. The molecule has 0 amide bonds. The first-order valence-electron chi connectivity index (χ1n) is 4.76. The molecule has 2 heteroatoms. The van der Waals surface area contributed by atoms with Gasteiger partial charge in [-0.15, -0.1) is 0 Å². The highest BCUT2D eigenvalue weighted by Gasteiger charge is 2.20. The first-order chi connectivity index (χ1) is 6.42. The van der Waals surface area contributed by atoms with E-state index in [2.05, 4.69) is 47.4 Å². The van der Waals surface area contributed by atoms with Crippen LogP contribution in [0.2, 0.25) is 0 Å². The highest BCUT2D eigenvalue weighted by molar-refractivity contribution is 5.60. The molecule has 0 N–H and O–H groups in total. The average Bonchev–Trinajstić information content (AvgIpc) is 2.67. The van der Waals surface area contributed by atoms with Gasteiger partial charge in [0.15, 0.2) is 0 Å². The van der Waals surface area contributed by atoms with Crippen molar-refractivity contribution < 1.29 is 0 Å². The lowest BCUT2D eigenvalue weighted by molar-refractivity contribution is 0.246. The second-order valence-electron chi connectivity index (χ2n) is 3.22. The van der Waals surface area contributed by atoms with E-state index in [-0.39, 0.29) is 0 Å². The number of hydrogen-bond acceptors (Lipinski definition) is 2. The molecule has 2 nitrogen and oxygen atoms in total. The van der Waals surface area contributed by atoms with Crippen molar-refractivity contribution in [3.63, 3.8) is 0 Å². The lowest BCUT2D eigenvalue weighted by atomic mass is 10.1. The average molecular weight is 174 g/mol. The van der Waals surface area contributed by atoms with Crippen LogP contribution in [0.5, 0.6) is 0 Å². The summed E-state index contributed by atoms with van der Waals surface area (Å²) in [6.07, 6.45) is 3.04. The van der Waals surface area contributed by atoms with Gasteiger partial charge >= 0.3 is 0 Å². The SMILES string of the molecule is CCN1N=CCC1c1ccccc1. The normalized spacial score (nSPS) is 21.0. The second kappa shape index (κ2) is 3.60. The summed E-state index contributed by atoms with van der Waals surface area (Å²) >= 11 is 0. The molecule has 1 aromatic carbocycles. The van der Waals surface area contributed by atoms with Crippen LogP contribution in [0, 0.1) is 0 Å². The summed E-state index contributed by atoms with van der Waals surface area (Å²) in [5.41, 5.74) is 1.36. The topological polar surface area (TPSA) is 15.6 Å². The van der Waals surface area contributed by atoms with E-state index in [9.17, 15) is 0 Å². The van der Waals surface area contributed by atoms with Crippen LogP contribution >= 0.6 is 0 Å². The Hall–Kier alpha value is -1.31. The van der Waals surface area contributed by atoms with Gasteiger partial charge in [-0.05, 0) is 12.5 Å². The molecule has 1 aliphatic heterocycles. The van der Waals surface area contributed by atoms with Crippen LogP contribution in [-0.4, -0.2) is 17.8 Å². The highest BCUT2D eigenvalue weighted by Crippen LogP contribution is 2.26. The third-order valence-electron chi connectivity index (χ3n) is 2.43. The smallest absolute Gasteiger partial charge is 0.0769 e. The predicted octanol–water partition coefficient (Wildman–Crippen LogP) is 2.44. The molecule has 0 aromatic heterocycles. The first kappa shape index (κ1) is 8.30. The molecule has 1 aromatic rings. The Balaban J connectivity index is 2.18. The Morgan fingerprint density at radius 2 is 2.15 bits per heavy atom. The van der Waals surface area contributed by atoms with Gasteiger partial charge < -0.3 is 0 Å². The summed E-state index contributed by atoms with van der Waals surface area (Å²) in [7, 11) is 0. The van der Waals surface area contributed by atoms with E-state index < -0.39 is 0 Å². The fraction of sp³-hybridized carbons (Fsp3) is 0.364. The molecule has 2 rings (SSSR count). The summed E-state index contributed by atoms with van der Waals surface area (Å²) in [6, 6.07) is 11.0. The van der Waals surface area contributed by atoms with Crippen molar-refractivity contribution in [3.8, 4) is 0 Å². The molecule has 0 radical (unpaired) electrons. The molecule has 68 valence electrons. The zero-order chi connectivity index (χ0) is 9.10. The quantitative estimate of drug-likeness (QED) is 0.672. The van der Waals surface area contributed by atoms with Crippen LogP contribution in [-0.2, 0) is 0 Å². The van der Waals surface area contributed by atoms with E-state index >= 15 is 0 Å². The molecular weight excluding hydrogens is 160 g/mol. The molecule has 0 bridgehead atoms. The summed E-state index contributed by atoms with van der Waals surface area (Å²) in [4.78, 5) is 0. The minimum absolute atomic E-state index is 0.464. The van der Waals surface area contributed by atoms with Crippen molar-refractivity contribution in [2.75, 3.05) is 6.54 Å². The number of benzene rings is 1. The summed E-state index contributed by atoms with van der Waals surface area (Å²) < 4.78 is 0. The monoisotopic (exact) mass is 174 g/mol. The molecule has 0 saturated carbocycles. The van der Waals surface area contributed by atoms with E-state index in [4.69, 9.17) is 0 Å². The molecule has 0 fully saturated rings. The molecule has 0 spiro atoms. The van der Waals surface area contributed by atoms with Crippen LogP contribution in [0.3, 0.4) is 0 Å². The Morgan fingerprint density at radius 1 is 1.38 bits per heavy atom. The second-order valence-corrected chi connectivity index (χ2v) is 3.22. The number of hydrogen-bond donors (Lipinski definition) is 0. The van der Waals surface area contributed by atoms with Crippen molar-refractivity contribution in [2.45, 2.75) is 19.4 Å². The Labute approximate surface area is 78.9 Å². The largest absolute Gasteiger partial charge is 0.290 e. The molecule has 1 heterocycles. The summed E-state index contributed by atoms with van der Waals surface area (Å²) in [5, 5.41) is 6.45. The Kier molecular flexibility index (Phi) is 2.30. The van der Waals surface area contributed by atoms with Gasteiger partial charge in [0.2, 0.25) is 0 Å². The van der Waals surface area contributed by atoms with Gasteiger partial charge in [0.25, 0.3) is 0 Å². The van der Waals surface area contributed by atoms with E-state index in [1.54, 1.807) is 0 Å². The minimum atomic E-state index is 0.464. The fourth-order valence-electron chi connectivity index (χ4n) is 1.74. The fourth-order valence-corrected chi connectivity index (χ4v) is 1.74. The van der Waals surface area contributed by atoms with E-state index in [1.807, 2.05) is 6.21 Å². The van der Waals surface area contributed by atoms with Gasteiger partial charge in [-0.25, -0.2) is 0 Å². The zero-order valence-electron chi connectivity index (χ0n) is 7.85. The van der Waals surface area contributed by atoms with Crippen molar-refractivity contribution in [1.82, 2.24) is 5.01 Å². The lowest BCUT2D eigenvalue weighted by Gasteiger charge is -2.22. The molecule has 1 aliphatic rings. The van der Waals surface area contributed by atoms with Crippen LogP contribution in [0.4, 0.5) is 0 Å². The number of rotatable bonds is 2. The van der Waals surface area contributed by atoms with E-state index in [1.165, 1.54) is 5.56 Å². The molecule has 0 saturated heterocycles. The number of nitrogens with zero attached hydrogens (tertiary/aromatic N) is 2. The van der Waals surface area contributed by atoms with Gasteiger partial charge in [-0.2, -0.15) is 5.10 Å². The van der Waals surface area contributed by atoms with E-state index in [0.717, 1.165) is 13.0 Å². The van der Waals surface area contributed by atoms with Gasteiger partial charge in [0, 0.05) is 19.2 Å². The van der Waals surface area contributed by atoms with Gasteiger partial charge in [-0.3, -0.25) is 5.01 Å². The highest BCUT2D eigenvalue weighted by atomic mass is 15.5. The first-order valence-corrected chi connectivity index (χ1v) is 4.76. The van der Waals surface area contributed by atoms with Crippen molar-refractivity contribution in [3.05, 3.63) is 35.9 Å². The molecule has 1 unspecified atom stereocenters. The molecule has 13 heavy (non-hydrogen) atoms. The summed E-state index contributed by atoms with van der Waals surface area (Å²) in [6.45, 7) is 3.12. The van der Waals surface area contributed by atoms with Crippen LogP contribution < -0.4 is 0 Å². The van der Waals surface area contributed by atoms with E-state index in [0.29, 0.717) is 6.04 Å². The van der Waals surface area contributed by atoms with Gasteiger partial charge in [0.1, 0.15) is 0 Å². The van der Waals surface area contributed by atoms with Crippen LogP contribution in [0.25, 0.3) is 0 Å². The van der Waals surface area contributed by atoms with Crippen molar-refractivity contribution in [2.24, 2.45) is 5.10 Å². The van der Waals surface area contributed by atoms with Gasteiger partial charge in [0.05, 0.1) is 6.04 Å². The maximum atomic E-state index is 4.32. The Morgan fingerprint density at radius 3 is 2.85 bits per heavy atom. The zero-order valence-corrected chi connectivity index (χ0v) is 7.85. The van der Waals surface area contributed by atoms with Crippen molar-refractivity contribution >= 4 is 6.21 Å². The maximum Gasteiger partial charge on any atom is 0.0769 e. The Bertz CT molecular complexity index is 292. The predicted molar refractivity (Wildman–Crippen MR) is 54.7 cm³/mol. The van der Waals surface area contributed by atoms with Gasteiger partial charge in [-0.1, -0.05) is 30.3 Å². The third-order valence-corrected chi connectivity index (χ3v) is 2.43. The molecule has 0 aliphatic carbocycles. The maximum absolute atomic E-state index is 4.32. The standard InChI is InChI=1S/C11H14N2/c1-2-13-11(8-9-12-13)10-6-4-3-5-7-10/h3-7,9,11H,2,8H2,1H3. The minimum Gasteiger partial charge on any atom is -0.290 e. The summed E-state index contributed by atoms with van der Waals surface area (Å²) in [5.74, 6) is 0. The van der Waals surface area contributed by atoms with Crippen LogP contribution in [0.15, 0.2) is 35.4 Å². The van der Waals surface area contributed by atoms with Crippen molar-refractivity contribution in [1.29, 1.82) is 0 Å². The third kappa shape index (κ3) is 1.57. The lowest BCUT2D eigenvalue weighted by Crippen LogP contribution is -2.18. The van der Waals surface area contributed by atoms with Crippen LogP contribution in [0.1, 0.15) is 24.9 Å². The number of hydrazone groups is 1.